The molecule has 0 radical (unpaired) electrons. The number of anilines is 1. The SMILES string of the molecule is CCCc1cc(OCc2ccc(-c3ccccc3S(=O)(=O)Nc3onc(C)c3C)c(CC)c2)c(OCC)c(C)n1. The molecule has 0 aliphatic rings. The van der Waals surface area contributed by atoms with Gasteiger partial charge in [0.05, 0.1) is 22.9 Å². The van der Waals surface area contributed by atoms with Crippen molar-refractivity contribution in [3.8, 4) is 22.6 Å². The molecule has 0 atom stereocenters. The van der Waals surface area contributed by atoms with Crippen LogP contribution in [0.1, 0.15) is 61.0 Å². The van der Waals surface area contributed by atoms with Gasteiger partial charge in [-0.2, -0.15) is 0 Å². The van der Waals surface area contributed by atoms with Gasteiger partial charge in [0.25, 0.3) is 10.0 Å². The highest BCUT2D eigenvalue weighted by Crippen LogP contribution is 2.35. The van der Waals surface area contributed by atoms with E-state index in [4.69, 9.17) is 14.0 Å². The van der Waals surface area contributed by atoms with Crippen molar-refractivity contribution >= 4 is 15.9 Å². The smallest absolute Gasteiger partial charge is 0.264 e. The largest absolute Gasteiger partial charge is 0.488 e. The molecule has 4 aromatic rings. The maximum absolute atomic E-state index is 13.4. The third kappa shape index (κ3) is 6.31. The van der Waals surface area contributed by atoms with Gasteiger partial charge >= 0.3 is 0 Å². The van der Waals surface area contributed by atoms with Gasteiger partial charge in [-0.25, -0.2) is 13.1 Å². The van der Waals surface area contributed by atoms with E-state index in [1.165, 1.54) is 0 Å². The lowest BCUT2D eigenvalue weighted by Crippen LogP contribution is -2.14. The van der Waals surface area contributed by atoms with Crippen molar-refractivity contribution in [1.82, 2.24) is 10.1 Å². The molecule has 212 valence electrons. The fraction of sp³-hybridized carbons (Fsp3) is 0.355. The summed E-state index contributed by atoms with van der Waals surface area (Å²) in [6, 6.07) is 14.9. The van der Waals surface area contributed by atoms with Gasteiger partial charge in [-0.3, -0.25) is 4.98 Å². The van der Waals surface area contributed by atoms with E-state index in [9.17, 15) is 8.42 Å². The molecule has 0 saturated heterocycles. The number of hydrogen-bond acceptors (Lipinski definition) is 7. The lowest BCUT2D eigenvalue weighted by atomic mass is 9.96. The summed E-state index contributed by atoms with van der Waals surface area (Å²) < 4.78 is 46.7. The topological polar surface area (TPSA) is 104 Å². The molecular weight excluding hydrogens is 526 g/mol. The number of rotatable bonds is 12. The number of hydrogen-bond donors (Lipinski definition) is 1. The highest BCUT2D eigenvalue weighted by atomic mass is 32.2. The second-order valence-electron chi connectivity index (χ2n) is 9.67. The number of pyridine rings is 1. The van der Waals surface area contributed by atoms with Crippen LogP contribution in [-0.4, -0.2) is 25.2 Å². The van der Waals surface area contributed by atoms with Crippen molar-refractivity contribution in [3.05, 3.63) is 82.3 Å². The number of benzene rings is 2. The molecule has 2 aromatic heterocycles. The zero-order valence-electron chi connectivity index (χ0n) is 24.0. The molecule has 0 unspecified atom stereocenters. The van der Waals surface area contributed by atoms with Gasteiger partial charge in [0, 0.05) is 22.9 Å². The summed E-state index contributed by atoms with van der Waals surface area (Å²) >= 11 is 0. The maximum Gasteiger partial charge on any atom is 0.264 e. The van der Waals surface area contributed by atoms with Crippen LogP contribution >= 0.6 is 0 Å². The lowest BCUT2D eigenvalue weighted by Gasteiger charge is -2.17. The van der Waals surface area contributed by atoms with E-state index in [0.29, 0.717) is 48.0 Å². The molecule has 0 spiro atoms. The van der Waals surface area contributed by atoms with Crippen LogP contribution in [0.25, 0.3) is 11.1 Å². The molecule has 40 heavy (non-hydrogen) atoms. The van der Waals surface area contributed by atoms with Gasteiger partial charge in [-0.15, -0.1) is 0 Å². The predicted octanol–water partition coefficient (Wildman–Crippen LogP) is 6.96. The Kier molecular flexibility index (Phi) is 9.14. The Morgan fingerprint density at radius 2 is 1.70 bits per heavy atom. The minimum atomic E-state index is -3.93. The zero-order valence-corrected chi connectivity index (χ0v) is 24.8. The van der Waals surface area contributed by atoms with E-state index in [0.717, 1.165) is 40.9 Å². The van der Waals surface area contributed by atoms with Gasteiger partial charge in [0.15, 0.2) is 11.5 Å². The molecule has 8 nitrogen and oxygen atoms in total. The van der Waals surface area contributed by atoms with Crippen molar-refractivity contribution in [1.29, 1.82) is 0 Å². The normalized spacial score (nSPS) is 11.4. The predicted molar refractivity (Wildman–Crippen MR) is 157 cm³/mol. The van der Waals surface area contributed by atoms with Gasteiger partial charge in [0.1, 0.15) is 6.61 Å². The molecule has 0 saturated carbocycles. The number of nitrogens with one attached hydrogen (secondary N) is 1. The van der Waals surface area contributed by atoms with Gasteiger partial charge in [-0.1, -0.05) is 61.8 Å². The standard InChI is InChI=1S/C31H37N3O5S/c1-7-12-25-18-28(30(37-9-3)22(6)32-25)38-19-23-15-16-26(24(8-2)17-23)27-13-10-11-14-29(27)40(35,36)34-31-20(4)21(5)33-39-31/h10-11,13-18,34H,7-9,12,19H2,1-6H3. The van der Waals surface area contributed by atoms with Gasteiger partial charge in [0.2, 0.25) is 5.88 Å². The number of nitrogens with zero attached hydrogens (tertiary/aromatic N) is 2. The first-order chi connectivity index (χ1) is 19.2. The number of sulfonamides is 1. The lowest BCUT2D eigenvalue weighted by molar-refractivity contribution is 0.266. The quantitative estimate of drug-likeness (QED) is 0.199. The summed E-state index contributed by atoms with van der Waals surface area (Å²) in [5.74, 6) is 1.47. The van der Waals surface area contributed by atoms with Crippen LogP contribution in [0.3, 0.4) is 0 Å². The Morgan fingerprint density at radius 3 is 2.38 bits per heavy atom. The molecule has 1 N–H and O–H groups in total. The number of aromatic nitrogens is 2. The monoisotopic (exact) mass is 563 g/mol. The molecule has 0 fully saturated rings. The van der Waals surface area contributed by atoms with E-state index >= 15 is 0 Å². The van der Waals surface area contributed by atoms with E-state index in [1.807, 2.05) is 44.2 Å². The van der Waals surface area contributed by atoms with Crippen LogP contribution in [0.2, 0.25) is 0 Å². The van der Waals surface area contributed by atoms with Crippen LogP contribution < -0.4 is 14.2 Å². The Bertz CT molecular complexity index is 1590. The van der Waals surface area contributed by atoms with E-state index in [-0.39, 0.29) is 10.8 Å². The summed E-state index contributed by atoms with van der Waals surface area (Å²) in [5.41, 5.74) is 6.52. The first-order valence-corrected chi connectivity index (χ1v) is 15.1. The average Bonchev–Trinajstić information content (AvgIpc) is 3.25. The van der Waals surface area contributed by atoms with E-state index in [2.05, 4.69) is 34.8 Å². The summed E-state index contributed by atoms with van der Waals surface area (Å²) in [4.78, 5) is 4.83. The Labute approximate surface area is 236 Å². The Hall–Kier alpha value is -3.85. The Morgan fingerprint density at radius 1 is 0.925 bits per heavy atom. The van der Waals surface area contributed by atoms with E-state index < -0.39 is 10.0 Å². The molecule has 0 bridgehead atoms. The molecule has 9 heteroatoms. The average molecular weight is 564 g/mol. The van der Waals surface area contributed by atoms with Crippen LogP contribution in [0.5, 0.6) is 11.5 Å². The summed E-state index contributed by atoms with van der Waals surface area (Å²) in [6.07, 6.45) is 2.57. The van der Waals surface area contributed by atoms with Crippen molar-refractivity contribution in [3.63, 3.8) is 0 Å². The molecule has 2 aromatic carbocycles. The minimum absolute atomic E-state index is 0.121. The minimum Gasteiger partial charge on any atom is -0.488 e. The third-order valence-electron chi connectivity index (χ3n) is 6.75. The summed E-state index contributed by atoms with van der Waals surface area (Å²) in [6.45, 7) is 12.4. The molecular formula is C31H37N3O5S. The fourth-order valence-corrected chi connectivity index (χ4v) is 5.84. The zero-order chi connectivity index (χ0) is 28.9. The van der Waals surface area contributed by atoms with Crippen LogP contribution in [-0.2, 0) is 29.5 Å². The highest BCUT2D eigenvalue weighted by Gasteiger charge is 2.23. The molecule has 0 aliphatic heterocycles. The summed E-state index contributed by atoms with van der Waals surface area (Å²) in [7, 11) is -3.93. The molecule has 0 aliphatic carbocycles. The third-order valence-corrected chi connectivity index (χ3v) is 8.14. The van der Waals surface area contributed by atoms with Crippen molar-refractivity contribution in [2.75, 3.05) is 11.3 Å². The second-order valence-corrected chi connectivity index (χ2v) is 11.3. The second kappa shape index (κ2) is 12.6. The summed E-state index contributed by atoms with van der Waals surface area (Å²) in [5, 5.41) is 3.86. The van der Waals surface area contributed by atoms with Crippen molar-refractivity contribution < 1.29 is 22.4 Å². The first-order valence-electron chi connectivity index (χ1n) is 13.6. The molecule has 4 rings (SSSR count). The van der Waals surface area contributed by atoms with Crippen LogP contribution in [0.15, 0.2) is 57.9 Å². The van der Waals surface area contributed by atoms with Crippen LogP contribution in [0.4, 0.5) is 5.88 Å². The van der Waals surface area contributed by atoms with E-state index in [1.54, 1.807) is 26.0 Å². The number of aryl methyl sites for hydroxylation is 4. The first kappa shape index (κ1) is 29.1. The molecule has 0 amide bonds. The number of ether oxygens (including phenoxy) is 2. The molecule has 2 heterocycles. The Balaban J connectivity index is 1.64. The maximum atomic E-state index is 13.4. The van der Waals surface area contributed by atoms with Gasteiger partial charge < -0.3 is 14.0 Å². The van der Waals surface area contributed by atoms with Crippen molar-refractivity contribution in [2.24, 2.45) is 0 Å². The van der Waals surface area contributed by atoms with Crippen molar-refractivity contribution in [2.45, 2.75) is 72.3 Å². The van der Waals surface area contributed by atoms with Gasteiger partial charge in [-0.05, 0) is 63.3 Å². The fourth-order valence-electron chi connectivity index (χ4n) is 4.57. The van der Waals surface area contributed by atoms with Crippen LogP contribution in [0, 0.1) is 20.8 Å². The highest BCUT2D eigenvalue weighted by molar-refractivity contribution is 7.92.